The van der Waals surface area contributed by atoms with E-state index in [1.807, 2.05) is 6.92 Å². The van der Waals surface area contributed by atoms with Gasteiger partial charge in [-0.2, -0.15) is 8.42 Å². The zero-order valence-corrected chi connectivity index (χ0v) is 19.4. The normalized spacial score (nSPS) is 11.1. The van der Waals surface area contributed by atoms with E-state index >= 15 is 0 Å². The Kier molecular flexibility index (Phi) is 17.3. The standard InChI is InChI=1S/C21H34O9S.Ca.2H/c1-6-7-8-9-11-21(14-29-18(22)16(2)3,15-30-19(23)17(4)5)20(24)28-12-10-13-31(25,26)27;;;/h2,4,6-15H2,1,3,5H3,(H,25,26,27);;;. The van der Waals surface area contributed by atoms with Crippen LogP contribution in [-0.2, 0) is 38.7 Å². The molecule has 0 saturated carbocycles. The second kappa shape index (κ2) is 16.6. The molecule has 11 heteroatoms. The third-order valence-electron chi connectivity index (χ3n) is 4.38. The number of esters is 3. The number of ether oxygens (including phenoxy) is 3. The van der Waals surface area contributed by atoms with Gasteiger partial charge in [0, 0.05) is 11.1 Å². The first-order chi connectivity index (χ1) is 14.3. The second-order valence-corrected chi connectivity index (χ2v) is 9.15. The van der Waals surface area contributed by atoms with Crippen LogP contribution in [0, 0.1) is 5.41 Å². The van der Waals surface area contributed by atoms with Gasteiger partial charge in [-0.05, 0) is 26.7 Å². The number of unbranched alkanes of at least 4 members (excludes halogenated alkanes) is 3. The van der Waals surface area contributed by atoms with Crippen LogP contribution in [0.5, 0.6) is 0 Å². The maximum atomic E-state index is 13.0. The molecule has 0 heterocycles. The van der Waals surface area contributed by atoms with E-state index in [2.05, 4.69) is 13.2 Å². The number of hydrogen-bond acceptors (Lipinski definition) is 8. The molecule has 0 fully saturated rings. The Bertz CT molecular complexity index is 729. The van der Waals surface area contributed by atoms with E-state index in [-0.39, 0.29) is 68.3 Å². The zero-order chi connectivity index (χ0) is 24.1. The summed E-state index contributed by atoms with van der Waals surface area (Å²) in [6.07, 6.45) is 3.38. The first-order valence-corrected chi connectivity index (χ1v) is 11.7. The third kappa shape index (κ3) is 14.3. The van der Waals surface area contributed by atoms with Crippen molar-refractivity contribution in [2.45, 2.75) is 59.3 Å². The molecular formula is C21H36CaO9S. The van der Waals surface area contributed by atoms with Crippen molar-refractivity contribution >= 4 is 65.8 Å². The Labute approximate surface area is 220 Å². The molecule has 9 nitrogen and oxygen atoms in total. The van der Waals surface area contributed by atoms with Crippen LogP contribution in [0.4, 0.5) is 0 Å². The molecule has 182 valence electrons. The van der Waals surface area contributed by atoms with Gasteiger partial charge in [0.05, 0.1) is 12.4 Å². The van der Waals surface area contributed by atoms with Gasteiger partial charge in [0.25, 0.3) is 10.1 Å². The van der Waals surface area contributed by atoms with Crippen LogP contribution in [-0.4, -0.2) is 94.2 Å². The Morgan fingerprint density at radius 2 is 1.38 bits per heavy atom. The van der Waals surface area contributed by atoms with Crippen LogP contribution in [0.15, 0.2) is 24.3 Å². The molecule has 0 rings (SSSR count). The van der Waals surface area contributed by atoms with Gasteiger partial charge in [-0.3, -0.25) is 9.35 Å². The molecule has 32 heavy (non-hydrogen) atoms. The number of rotatable bonds is 16. The Morgan fingerprint density at radius 3 is 1.78 bits per heavy atom. The van der Waals surface area contributed by atoms with Crippen LogP contribution in [0.2, 0.25) is 0 Å². The quantitative estimate of drug-likeness (QED) is 0.0837. The van der Waals surface area contributed by atoms with Crippen molar-refractivity contribution in [1.82, 2.24) is 0 Å². The van der Waals surface area contributed by atoms with Gasteiger partial charge in [-0.1, -0.05) is 45.8 Å². The molecule has 0 amide bonds. The van der Waals surface area contributed by atoms with Gasteiger partial charge in [0.1, 0.15) is 18.6 Å². The van der Waals surface area contributed by atoms with E-state index in [0.717, 1.165) is 19.3 Å². The molecule has 0 aliphatic rings. The van der Waals surface area contributed by atoms with E-state index < -0.39 is 52.4 Å². The predicted octanol–water partition coefficient (Wildman–Crippen LogP) is 2.09. The Balaban J connectivity index is 0. The predicted molar refractivity (Wildman–Crippen MR) is 123 cm³/mol. The van der Waals surface area contributed by atoms with Gasteiger partial charge < -0.3 is 14.2 Å². The van der Waals surface area contributed by atoms with Crippen LogP contribution < -0.4 is 0 Å². The van der Waals surface area contributed by atoms with Crippen LogP contribution >= 0.6 is 0 Å². The average Bonchev–Trinajstić information content (AvgIpc) is 2.68. The summed E-state index contributed by atoms with van der Waals surface area (Å²) in [5.41, 5.74) is -1.19. The molecule has 0 atom stereocenters. The third-order valence-corrected chi connectivity index (χ3v) is 5.18. The Morgan fingerprint density at radius 1 is 0.875 bits per heavy atom. The first kappa shape index (κ1) is 33.2. The molecule has 0 aromatic carbocycles. The van der Waals surface area contributed by atoms with Gasteiger partial charge in [0.2, 0.25) is 0 Å². The fourth-order valence-corrected chi connectivity index (χ4v) is 2.99. The SMILES string of the molecule is C=C(C)C(=O)OCC(CCCCCC)(COC(=O)C(=C)C)C(=O)OCCCS(=O)(=O)O.[CaH2]. The molecular weight excluding hydrogens is 468 g/mol. The molecule has 0 radical (unpaired) electrons. The molecule has 0 aliphatic heterocycles. The first-order valence-electron chi connectivity index (χ1n) is 10.1. The van der Waals surface area contributed by atoms with Crippen molar-refractivity contribution in [3.05, 3.63) is 24.3 Å². The molecule has 1 N–H and O–H groups in total. The Hall–Kier alpha value is -0.940. The van der Waals surface area contributed by atoms with Crippen molar-refractivity contribution in [1.29, 1.82) is 0 Å². The fourth-order valence-electron chi connectivity index (χ4n) is 2.51. The fraction of sp³-hybridized carbons (Fsp3) is 0.667. The van der Waals surface area contributed by atoms with Gasteiger partial charge in [-0.25, -0.2) is 9.59 Å². The second-order valence-electron chi connectivity index (χ2n) is 7.58. The monoisotopic (exact) mass is 504 g/mol. The van der Waals surface area contributed by atoms with E-state index in [1.54, 1.807) is 0 Å². The minimum atomic E-state index is -4.19. The summed E-state index contributed by atoms with van der Waals surface area (Å²) in [7, 11) is -4.19. The minimum absolute atomic E-state index is 0. The van der Waals surface area contributed by atoms with E-state index in [4.69, 9.17) is 18.8 Å². The molecule has 0 aromatic heterocycles. The summed E-state index contributed by atoms with van der Waals surface area (Å²) in [4.78, 5) is 36.8. The topological polar surface area (TPSA) is 133 Å². The van der Waals surface area contributed by atoms with E-state index in [9.17, 15) is 22.8 Å². The van der Waals surface area contributed by atoms with Crippen molar-refractivity contribution < 1.29 is 41.6 Å². The van der Waals surface area contributed by atoms with Crippen molar-refractivity contribution in [3.8, 4) is 0 Å². The summed E-state index contributed by atoms with van der Waals surface area (Å²) < 4.78 is 46.1. The number of hydrogen-bond donors (Lipinski definition) is 1. The molecule has 0 aromatic rings. The number of carbonyl (C=O) groups excluding carboxylic acids is 3. The maximum absolute atomic E-state index is 13.0. The summed E-state index contributed by atoms with van der Waals surface area (Å²) >= 11 is 0. The summed E-state index contributed by atoms with van der Waals surface area (Å²) in [6.45, 7) is 10.9. The number of carbonyl (C=O) groups is 3. The van der Waals surface area contributed by atoms with Crippen molar-refractivity contribution in [3.63, 3.8) is 0 Å². The van der Waals surface area contributed by atoms with Crippen LogP contribution in [0.25, 0.3) is 0 Å². The van der Waals surface area contributed by atoms with Gasteiger partial charge >= 0.3 is 55.6 Å². The summed E-state index contributed by atoms with van der Waals surface area (Å²) in [5, 5.41) is 0. The van der Waals surface area contributed by atoms with Crippen LogP contribution in [0.3, 0.4) is 0 Å². The molecule has 0 unspecified atom stereocenters. The zero-order valence-electron chi connectivity index (χ0n) is 18.6. The van der Waals surface area contributed by atoms with Gasteiger partial charge in [-0.15, -0.1) is 0 Å². The summed E-state index contributed by atoms with van der Waals surface area (Å²) in [5.74, 6) is -2.77. The molecule has 0 spiro atoms. The molecule has 0 saturated heterocycles. The van der Waals surface area contributed by atoms with Gasteiger partial charge in [0.15, 0.2) is 0 Å². The van der Waals surface area contributed by atoms with Crippen molar-refractivity contribution in [2.24, 2.45) is 5.41 Å². The van der Waals surface area contributed by atoms with Crippen molar-refractivity contribution in [2.75, 3.05) is 25.6 Å². The summed E-state index contributed by atoms with van der Waals surface area (Å²) in [6, 6.07) is 0. The average molecular weight is 505 g/mol. The van der Waals surface area contributed by atoms with E-state index in [0.29, 0.717) is 6.42 Å². The molecule has 0 bridgehead atoms. The van der Waals surface area contributed by atoms with Crippen LogP contribution in [0.1, 0.15) is 59.3 Å². The molecule has 0 aliphatic carbocycles. The van der Waals surface area contributed by atoms with E-state index in [1.165, 1.54) is 13.8 Å².